The van der Waals surface area contributed by atoms with Crippen LogP contribution in [0.2, 0.25) is 0 Å². The van der Waals surface area contributed by atoms with E-state index in [0.29, 0.717) is 23.9 Å². The van der Waals surface area contributed by atoms with Gasteiger partial charge in [-0.05, 0) is 30.7 Å². The molecule has 1 atom stereocenters. The topological polar surface area (TPSA) is 82.3 Å². The molecular formula is C20H17N3O3. The average Bonchev–Trinajstić information content (AvgIpc) is 3.03. The number of nitrogens with zero attached hydrogens (tertiary/aromatic N) is 1. The molecule has 0 bridgehead atoms. The molecule has 26 heavy (non-hydrogen) atoms. The first-order valence-corrected chi connectivity index (χ1v) is 8.43. The SMILES string of the molecule is O=C(N[C@H]1CCN(c2ccccc2)C1=O)c1c[nH]c2ccccc2c1=O. The van der Waals surface area contributed by atoms with Crippen LogP contribution in [-0.2, 0) is 4.79 Å². The summed E-state index contributed by atoms with van der Waals surface area (Å²) >= 11 is 0. The zero-order valence-electron chi connectivity index (χ0n) is 13.9. The van der Waals surface area contributed by atoms with Crippen LogP contribution in [0.4, 0.5) is 5.69 Å². The van der Waals surface area contributed by atoms with Gasteiger partial charge in [0.15, 0.2) is 0 Å². The van der Waals surface area contributed by atoms with Gasteiger partial charge in [-0.25, -0.2) is 0 Å². The fourth-order valence-electron chi connectivity index (χ4n) is 3.25. The smallest absolute Gasteiger partial charge is 0.257 e. The lowest BCUT2D eigenvalue weighted by atomic mass is 10.1. The van der Waals surface area contributed by atoms with Crippen molar-refractivity contribution >= 4 is 28.4 Å². The highest BCUT2D eigenvalue weighted by molar-refractivity contribution is 6.04. The number of anilines is 1. The zero-order valence-corrected chi connectivity index (χ0v) is 13.9. The molecule has 2 heterocycles. The van der Waals surface area contributed by atoms with Gasteiger partial charge in [0, 0.05) is 29.3 Å². The normalized spacial score (nSPS) is 16.8. The van der Waals surface area contributed by atoms with E-state index in [-0.39, 0.29) is 16.9 Å². The van der Waals surface area contributed by atoms with Gasteiger partial charge in [0.05, 0.1) is 0 Å². The molecule has 4 rings (SSSR count). The Balaban J connectivity index is 1.55. The molecule has 1 fully saturated rings. The maximum Gasteiger partial charge on any atom is 0.257 e. The molecule has 1 aromatic heterocycles. The van der Waals surface area contributed by atoms with Crippen LogP contribution >= 0.6 is 0 Å². The number of carbonyl (C=O) groups excluding carboxylic acids is 2. The molecule has 6 heteroatoms. The van der Waals surface area contributed by atoms with E-state index in [2.05, 4.69) is 10.3 Å². The van der Waals surface area contributed by atoms with Crippen molar-refractivity contribution in [3.05, 3.63) is 76.6 Å². The Labute approximate surface area is 149 Å². The number of para-hydroxylation sites is 2. The van der Waals surface area contributed by atoms with Gasteiger partial charge in [-0.1, -0.05) is 30.3 Å². The highest BCUT2D eigenvalue weighted by Gasteiger charge is 2.34. The number of hydrogen-bond donors (Lipinski definition) is 2. The molecular weight excluding hydrogens is 330 g/mol. The van der Waals surface area contributed by atoms with E-state index in [1.807, 2.05) is 36.4 Å². The third-order valence-corrected chi connectivity index (χ3v) is 4.61. The summed E-state index contributed by atoms with van der Waals surface area (Å²) in [6, 6.07) is 15.7. The third-order valence-electron chi connectivity index (χ3n) is 4.61. The van der Waals surface area contributed by atoms with Gasteiger partial charge in [-0.3, -0.25) is 14.4 Å². The van der Waals surface area contributed by atoms with Gasteiger partial charge in [0.2, 0.25) is 11.3 Å². The number of amides is 2. The van der Waals surface area contributed by atoms with Crippen molar-refractivity contribution in [2.24, 2.45) is 0 Å². The molecule has 1 aliphatic heterocycles. The molecule has 0 spiro atoms. The van der Waals surface area contributed by atoms with Crippen molar-refractivity contribution in [2.75, 3.05) is 11.4 Å². The Morgan fingerprint density at radius 2 is 1.77 bits per heavy atom. The van der Waals surface area contributed by atoms with Crippen LogP contribution in [0.25, 0.3) is 10.9 Å². The van der Waals surface area contributed by atoms with Crippen LogP contribution in [-0.4, -0.2) is 29.4 Å². The number of carbonyl (C=O) groups is 2. The van der Waals surface area contributed by atoms with Crippen molar-refractivity contribution in [3.63, 3.8) is 0 Å². The van der Waals surface area contributed by atoms with Crippen molar-refractivity contribution in [1.82, 2.24) is 10.3 Å². The number of aromatic nitrogens is 1. The molecule has 2 amide bonds. The van der Waals surface area contributed by atoms with Crippen LogP contribution in [0.5, 0.6) is 0 Å². The Morgan fingerprint density at radius 1 is 1.04 bits per heavy atom. The van der Waals surface area contributed by atoms with Crippen LogP contribution in [0.1, 0.15) is 16.8 Å². The summed E-state index contributed by atoms with van der Waals surface area (Å²) in [5.41, 5.74) is 1.14. The third kappa shape index (κ3) is 2.75. The first-order chi connectivity index (χ1) is 12.6. The van der Waals surface area contributed by atoms with Crippen LogP contribution < -0.4 is 15.6 Å². The Bertz CT molecular complexity index is 1040. The maximum atomic E-state index is 12.6. The maximum absolute atomic E-state index is 12.6. The molecule has 2 N–H and O–H groups in total. The van der Waals surface area contributed by atoms with E-state index in [1.165, 1.54) is 6.20 Å². The monoisotopic (exact) mass is 347 g/mol. The number of pyridine rings is 1. The Kier molecular flexibility index (Phi) is 4.01. The number of fused-ring (bicyclic) bond motifs is 1. The highest BCUT2D eigenvalue weighted by atomic mass is 16.2. The van der Waals surface area contributed by atoms with Crippen molar-refractivity contribution < 1.29 is 9.59 Å². The minimum Gasteiger partial charge on any atom is -0.360 e. The highest BCUT2D eigenvalue weighted by Crippen LogP contribution is 2.21. The van der Waals surface area contributed by atoms with Gasteiger partial charge in [0.1, 0.15) is 11.6 Å². The van der Waals surface area contributed by atoms with Crippen molar-refractivity contribution in [1.29, 1.82) is 0 Å². The summed E-state index contributed by atoms with van der Waals surface area (Å²) < 4.78 is 0. The molecule has 6 nitrogen and oxygen atoms in total. The average molecular weight is 347 g/mol. The van der Waals surface area contributed by atoms with Gasteiger partial charge in [-0.2, -0.15) is 0 Å². The van der Waals surface area contributed by atoms with Gasteiger partial charge >= 0.3 is 0 Å². The molecule has 0 aliphatic carbocycles. The van der Waals surface area contributed by atoms with Crippen molar-refractivity contribution in [3.8, 4) is 0 Å². The van der Waals surface area contributed by atoms with E-state index < -0.39 is 11.9 Å². The zero-order chi connectivity index (χ0) is 18.1. The second-order valence-electron chi connectivity index (χ2n) is 6.22. The molecule has 3 aromatic rings. The Morgan fingerprint density at radius 3 is 2.58 bits per heavy atom. The summed E-state index contributed by atoms with van der Waals surface area (Å²) in [5.74, 6) is -0.702. The largest absolute Gasteiger partial charge is 0.360 e. The summed E-state index contributed by atoms with van der Waals surface area (Å²) in [6.07, 6.45) is 1.90. The molecule has 1 aliphatic rings. The second-order valence-corrected chi connectivity index (χ2v) is 6.22. The molecule has 1 saturated heterocycles. The number of H-pyrrole nitrogens is 1. The van der Waals surface area contributed by atoms with Crippen LogP contribution in [0.15, 0.2) is 65.6 Å². The number of nitrogens with one attached hydrogen (secondary N) is 2. The van der Waals surface area contributed by atoms with Gasteiger partial charge < -0.3 is 15.2 Å². The van der Waals surface area contributed by atoms with Crippen LogP contribution in [0.3, 0.4) is 0 Å². The molecule has 0 radical (unpaired) electrons. The molecule has 0 saturated carbocycles. The lowest BCUT2D eigenvalue weighted by Crippen LogP contribution is -2.42. The Hall–Kier alpha value is -3.41. The first kappa shape index (κ1) is 16.1. The fraction of sp³-hybridized carbons (Fsp3) is 0.150. The minimum atomic E-state index is -0.631. The predicted octanol–water partition coefficient (Wildman–Crippen LogP) is 2.06. The standard InChI is InChI=1S/C20H17N3O3/c24-18-14-8-4-5-9-16(14)21-12-15(18)19(25)22-17-10-11-23(20(17)26)13-6-2-1-3-7-13/h1-9,12,17H,10-11H2,(H,21,24)(H,22,25)/t17-/m0/s1. The summed E-state index contributed by atoms with van der Waals surface area (Å²) in [5, 5.41) is 3.15. The second kappa shape index (κ2) is 6.48. The van der Waals surface area contributed by atoms with E-state index in [4.69, 9.17) is 0 Å². The van der Waals surface area contributed by atoms with Crippen LogP contribution in [0, 0.1) is 0 Å². The van der Waals surface area contributed by atoms with Gasteiger partial charge in [-0.15, -0.1) is 0 Å². The summed E-state index contributed by atoms with van der Waals surface area (Å²) in [6.45, 7) is 0.530. The summed E-state index contributed by atoms with van der Waals surface area (Å²) in [4.78, 5) is 42.3. The number of benzene rings is 2. The molecule has 130 valence electrons. The van der Waals surface area contributed by atoms with E-state index in [9.17, 15) is 14.4 Å². The minimum absolute atomic E-state index is 0.00895. The van der Waals surface area contributed by atoms with E-state index in [0.717, 1.165) is 5.69 Å². The van der Waals surface area contributed by atoms with E-state index in [1.54, 1.807) is 23.1 Å². The first-order valence-electron chi connectivity index (χ1n) is 8.43. The quantitative estimate of drug-likeness (QED) is 0.761. The lowest BCUT2D eigenvalue weighted by Gasteiger charge is -2.17. The number of rotatable bonds is 3. The number of hydrogen-bond acceptors (Lipinski definition) is 3. The van der Waals surface area contributed by atoms with Crippen molar-refractivity contribution in [2.45, 2.75) is 12.5 Å². The van der Waals surface area contributed by atoms with E-state index >= 15 is 0 Å². The fourth-order valence-corrected chi connectivity index (χ4v) is 3.25. The molecule has 2 aromatic carbocycles. The number of aromatic amines is 1. The lowest BCUT2D eigenvalue weighted by molar-refractivity contribution is -0.118. The van der Waals surface area contributed by atoms with Gasteiger partial charge in [0.25, 0.3) is 5.91 Å². The molecule has 0 unspecified atom stereocenters. The summed E-state index contributed by atoms with van der Waals surface area (Å²) in [7, 11) is 0. The predicted molar refractivity (Wildman–Crippen MR) is 99.2 cm³/mol.